The lowest BCUT2D eigenvalue weighted by molar-refractivity contribution is -0.00440. The van der Waals surface area contributed by atoms with Crippen molar-refractivity contribution < 1.29 is 4.74 Å². The third kappa shape index (κ3) is 2.21. The molecular formula is C11H16N2O2. The highest BCUT2D eigenvalue weighted by atomic mass is 16.5. The third-order valence-corrected chi connectivity index (χ3v) is 3.00. The lowest BCUT2D eigenvalue weighted by atomic mass is 9.82. The SMILES string of the molecule is COC1CC(Cn2ccc(=O)c(N)c2)C1. The molecule has 0 aromatic carbocycles. The maximum absolute atomic E-state index is 11.1. The van der Waals surface area contributed by atoms with E-state index >= 15 is 0 Å². The summed E-state index contributed by atoms with van der Waals surface area (Å²) < 4.78 is 7.19. The van der Waals surface area contributed by atoms with Crippen LogP contribution in [-0.2, 0) is 11.3 Å². The van der Waals surface area contributed by atoms with Gasteiger partial charge in [-0.2, -0.15) is 0 Å². The van der Waals surface area contributed by atoms with E-state index in [0.29, 0.717) is 17.7 Å². The van der Waals surface area contributed by atoms with Gasteiger partial charge in [0.15, 0.2) is 0 Å². The van der Waals surface area contributed by atoms with Crippen molar-refractivity contribution in [3.05, 3.63) is 28.7 Å². The largest absolute Gasteiger partial charge is 0.394 e. The summed E-state index contributed by atoms with van der Waals surface area (Å²) in [6.07, 6.45) is 6.12. The predicted octanol–water partition coefficient (Wildman–Crippen LogP) is 0.856. The van der Waals surface area contributed by atoms with Crippen LogP contribution in [0.15, 0.2) is 23.3 Å². The Labute approximate surface area is 88.7 Å². The predicted molar refractivity (Wildman–Crippen MR) is 58.6 cm³/mol. The van der Waals surface area contributed by atoms with Crippen molar-refractivity contribution in [2.24, 2.45) is 5.92 Å². The fourth-order valence-electron chi connectivity index (χ4n) is 1.97. The van der Waals surface area contributed by atoms with Crippen LogP contribution < -0.4 is 11.2 Å². The first-order valence-corrected chi connectivity index (χ1v) is 5.17. The van der Waals surface area contributed by atoms with Crippen LogP contribution in [0.5, 0.6) is 0 Å². The van der Waals surface area contributed by atoms with Crippen molar-refractivity contribution in [3.63, 3.8) is 0 Å². The quantitative estimate of drug-likeness (QED) is 0.801. The Hall–Kier alpha value is -1.29. The molecule has 0 saturated heterocycles. The van der Waals surface area contributed by atoms with Gasteiger partial charge in [-0.25, -0.2) is 0 Å². The average Bonchev–Trinajstić information content (AvgIpc) is 2.16. The van der Waals surface area contributed by atoms with Gasteiger partial charge in [0.1, 0.15) is 0 Å². The molecule has 1 heterocycles. The molecule has 0 aliphatic heterocycles. The van der Waals surface area contributed by atoms with E-state index < -0.39 is 0 Å². The molecule has 0 atom stereocenters. The zero-order valence-corrected chi connectivity index (χ0v) is 8.85. The Morgan fingerprint density at radius 3 is 2.93 bits per heavy atom. The summed E-state index contributed by atoms with van der Waals surface area (Å²) >= 11 is 0. The van der Waals surface area contributed by atoms with Gasteiger partial charge in [0, 0.05) is 32.1 Å². The molecule has 0 radical (unpaired) electrons. The summed E-state index contributed by atoms with van der Waals surface area (Å²) in [5.74, 6) is 0.650. The Balaban J connectivity index is 1.95. The molecular weight excluding hydrogens is 192 g/mol. The number of hydrogen-bond donors (Lipinski definition) is 1. The highest BCUT2D eigenvalue weighted by Crippen LogP contribution is 2.30. The molecule has 2 rings (SSSR count). The van der Waals surface area contributed by atoms with Gasteiger partial charge < -0.3 is 15.0 Å². The first kappa shape index (κ1) is 10.2. The summed E-state index contributed by atoms with van der Waals surface area (Å²) in [6, 6.07) is 1.52. The Morgan fingerprint density at radius 2 is 2.33 bits per heavy atom. The minimum absolute atomic E-state index is 0.102. The summed E-state index contributed by atoms with van der Waals surface area (Å²) in [7, 11) is 1.75. The number of nitrogens with two attached hydrogens (primary N) is 1. The molecule has 0 spiro atoms. The third-order valence-electron chi connectivity index (χ3n) is 3.00. The van der Waals surface area contributed by atoms with E-state index in [2.05, 4.69) is 0 Å². The number of rotatable bonds is 3. The van der Waals surface area contributed by atoms with Crippen LogP contribution in [-0.4, -0.2) is 17.8 Å². The number of anilines is 1. The molecule has 2 N–H and O–H groups in total. The maximum atomic E-state index is 11.1. The zero-order chi connectivity index (χ0) is 10.8. The number of ether oxygens (including phenoxy) is 1. The smallest absolute Gasteiger partial charge is 0.204 e. The van der Waals surface area contributed by atoms with E-state index in [1.54, 1.807) is 19.5 Å². The topological polar surface area (TPSA) is 57.2 Å². The van der Waals surface area contributed by atoms with E-state index in [1.165, 1.54) is 6.07 Å². The van der Waals surface area contributed by atoms with E-state index in [-0.39, 0.29) is 5.43 Å². The molecule has 0 unspecified atom stereocenters. The second kappa shape index (κ2) is 4.06. The number of nitrogen functional groups attached to an aromatic ring is 1. The second-order valence-corrected chi connectivity index (χ2v) is 4.16. The molecule has 1 aromatic rings. The molecule has 1 fully saturated rings. The summed E-state index contributed by atoms with van der Waals surface area (Å²) in [6.45, 7) is 0.921. The number of methoxy groups -OCH3 is 1. The van der Waals surface area contributed by atoms with Gasteiger partial charge in [0.2, 0.25) is 5.43 Å². The highest BCUT2D eigenvalue weighted by Gasteiger charge is 2.28. The fraction of sp³-hybridized carbons (Fsp3) is 0.545. The normalized spacial score (nSPS) is 24.9. The van der Waals surface area contributed by atoms with E-state index in [1.807, 2.05) is 4.57 Å². The van der Waals surface area contributed by atoms with Gasteiger partial charge in [-0.3, -0.25) is 4.79 Å². The Kier molecular flexibility index (Phi) is 2.77. The highest BCUT2D eigenvalue weighted by molar-refractivity contribution is 5.33. The van der Waals surface area contributed by atoms with Crippen molar-refractivity contribution in [1.29, 1.82) is 0 Å². The van der Waals surface area contributed by atoms with E-state index in [4.69, 9.17) is 10.5 Å². The van der Waals surface area contributed by atoms with Crippen LogP contribution in [0.2, 0.25) is 0 Å². The second-order valence-electron chi connectivity index (χ2n) is 4.16. The van der Waals surface area contributed by atoms with Crippen molar-refractivity contribution in [2.75, 3.05) is 12.8 Å². The van der Waals surface area contributed by atoms with Gasteiger partial charge in [-0.1, -0.05) is 0 Å². The molecule has 0 bridgehead atoms. The van der Waals surface area contributed by atoms with Crippen LogP contribution in [0.3, 0.4) is 0 Å². The van der Waals surface area contributed by atoms with Crippen molar-refractivity contribution >= 4 is 5.69 Å². The average molecular weight is 208 g/mol. The molecule has 4 heteroatoms. The van der Waals surface area contributed by atoms with Gasteiger partial charge in [-0.05, 0) is 18.8 Å². The molecule has 1 aromatic heterocycles. The summed E-state index contributed by atoms with van der Waals surface area (Å²) in [4.78, 5) is 11.1. The molecule has 82 valence electrons. The van der Waals surface area contributed by atoms with E-state index in [9.17, 15) is 4.79 Å². The van der Waals surface area contributed by atoms with Gasteiger partial charge in [0.05, 0.1) is 11.8 Å². The van der Waals surface area contributed by atoms with Gasteiger partial charge in [-0.15, -0.1) is 0 Å². The Bertz CT molecular complexity index is 394. The summed E-state index contributed by atoms with van der Waals surface area (Å²) in [5, 5.41) is 0. The first-order valence-electron chi connectivity index (χ1n) is 5.17. The van der Waals surface area contributed by atoms with Crippen LogP contribution in [0.4, 0.5) is 5.69 Å². The van der Waals surface area contributed by atoms with Crippen LogP contribution in [0, 0.1) is 5.92 Å². The maximum Gasteiger partial charge on any atom is 0.204 e. The van der Waals surface area contributed by atoms with E-state index in [0.717, 1.165) is 19.4 Å². The lowest BCUT2D eigenvalue weighted by Crippen LogP contribution is -2.33. The molecule has 1 aliphatic carbocycles. The molecule has 1 saturated carbocycles. The van der Waals surface area contributed by atoms with Crippen LogP contribution in [0.1, 0.15) is 12.8 Å². The van der Waals surface area contributed by atoms with Crippen LogP contribution >= 0.6 is 0 Å². The van der Waals surface area contributed by atoms with Gasteiger partial charge >= 0.3 is 0 Å². The van der Waals surface area contributed by atoms with Crippen molar-refractivity contribution in [2.45, 2.75) is 25.5 Å². The number of aromatic nitrogens is 1. The number of hydrogen-bond acceptors (Lipinski definition) is 3. The minimum Gasteiger partial charge on any atom is -0.394 e. The molecule has 15 heavy (non-hydrogen) atoms. The summed E-state index contributed by atoms with van der Waals surface area (Å²) in [5.41, 5.74) is 5.77. The minimum atomic E-state index is -0.102. The molecule has 1 aliphatic rings. The number of nitrogens with zero attached hydrogens (tertiary/aromatic N) is 1. The molecule has 4 nitrogen and oxygen atoms in total. The molecule has 0 amide bonds. The van der Waals surface area contributed by atoms with Crippen LogP contribution in [0.25, 0.3) is 0 Å². The monoisotopic (exact) mass is 208 g/mol. The Morgan fingerprint density at radius 1 is 1.60 bits per heavy atom. The first-order chi connectivity index (χ1) is 7.19. The van der Waals surface area contributed by atoms with Gasteiger partial charge in [0.25, 0.3) is 0 Å². The number of pyridine rings is 1. The standard InChI is InChI=1S/C11H16N2O2/c1-15-9-4-8(5-9)6-13-3-2-11(14)10(12)7-13/h2-3,7-9H,4-6,12H2,1H3. The zero-order valence-electron chi connectivity index (χ0n) is 8.85. The van der Waals surface area contributed by atoms with Crippen molar-refractivity contribution in [1.82, 2.24) is 4.57 Å². The fourth-order valence-corrected chi connectivity index (χ4v) is 1.97. The lowest BCUT2D eigenvalue weighted by Gasteiger charge is -2.34. The van der Waals surface area contributed by atoms with Crippen molar-refractivity contribution in [3.8, 4) is 0 Å².